The Hall–Kier alpha value is -1.60. The first kappa shape index (κ1) is 18.2. The number of ether oxygens (including phenoxy) is 1. The van der Waals surface area contributed by atoms with Crippen LogP contribution in [0, 0.1) is 6.92 Å². The molecule has 1 aliphatic rings. The van der Waals surface area contributed by atoms with Gasteiger partial charge in [0.05, 0.1) is 23.9 Å². The molecule has 1 aromatic heterocycles. The summed E-state index contributed by atoms with van der Waals surface area (Å²) in [5.41, 5.74) is 1.62. The Balaban J connectivity index is 1.97. The van der Waals surface area contributed by atoms with Crippen LogP contribution in [0.15, 0.2) is 12.1 Å². The summed E-state index contributed by atoms with van der Waals surface area (Å²) in [5, 5.41) is 15.0. The lowest BCUT2D eigenvalue weighted by Gasteiger charge is -2.27. The van der Waals surface area contributed by atoms with Crippen molar-refractivity contribution in [3.63, 3.8) is 0 Å². The first-order valence-corrected chi connectivity index (χ1v) is 8.70. The molecule has 0 bridgehead atoms. The van der Waals surface area contributed by atoms with Crippen LogP contribution in [-0.2, 0) is 18.3 Å². The van der Waals surface area contributed by atoms with Crippen molar-refractivity contribution >= 4 is 29.0 Å². The number of carbonyl (C=O) groups is 1. The number of rotatable bonds is 4. The van der Waals surface area contributed by atoms with E-state index >= 15 is 0 Å². The Labute approximate surface area is 155 Å². The summed E-state index contributed by atoms with van der Waals surface area (Å²) in [6, 6.07) is 3.25. The van der Waals surface area contributed by atoms with Crippen LogP contribution in [0.2, 0.25) is 10.0 Å². The fourth-order valence-corrected chi connectivity index (χ4v) is 3.52. The zero-order chi connectivity index (χ0) is 18.1. The first-order chi connectivity index (χ1) is 11.9. The van der Waals surface area contributed by atoms with Gasteiger partial charge in [-0.05, 0) is 19.1 Å². The van der Waals surface area contributed by atoms with Gasteiger partial charge in [0, 0.05) is 42.8 Å². The highest BCUT2D eigenvalue weighted by molar-refractivity contribution is 6.39. The van der Waals surface area contributed by atoms with Crippen LogP contribution in [0.25, 0.3) is 0 Å². The summed E-state index contributed by atoms with van der Waals surface area (Å²) in [7, 11) is 1.58. The number of nitrogens with zero attached hydrogens (tertiary/aromatic N) is 3. The Bertz CT molecular complexity index is 814. The van der Waals surface area contributed by atoms with Gasteiger partial charge in [-0.15, -0.1) is 0 Å². The lowest BCUT2D eigenvalue weighted by molar-refractivity contribution is 0.0342. The zero-order valence-corrected chi connectivity index (χ0v) is 15.6. The Morgan fingerprint density at radius 1 is 1.32 bits per heavy atom. The third-order valence-electron chi connectivity index (χ3n) is 4.34. The van der Waals surface area contributed by atoms with Crippen molar-refractivity contribution in [1.29, 1.82) is 0 Å². The van der Waals surface area contributed by atoms with E-state index in [2.05, 4.69) is 10.00 Å². The molecule has 0 radical (unpaired) electrons. The molecule has 1 fully saturated rings. The molecular formula is C17H19Cl2N3O3. The molecule has 1 aromatic carbocycles. The molecular weight excluding hydrogens is 365 g/mol. The van der Waals surface area contributed by atoms with E-state index < -0.39 is 0 Å². The average molecular weight is 384 g/mol. The molecule has 1 N–H and O–H groups in total. The normalized spacial score (nSPS) is 15.5. The highest BCUT2D eigenvalue weighted by atomic mass is 35.5. The molecule has 0 amide bonds. The first-order valence-electron chi connectivity index (χ1n) is 7.94. The number of benzene rings is 1. The fraction of sp³-hybridized carbons (Fsp3) is 0.412. The lowest BCUT2D eigenvalue weighted by Crippen LogP contribution is -2.35. The minimum Gasteiger partial charge on any atom is -0.493 e. The lowest BCUT2D eigenvalue weighted by atomic mass is 10.0. The number of hydrogen-bond acceptors (Lipinski definition) is 5. The second kappa shape index (κ2) is 7.33. The molecule has 2 aromatic rings. The number of aryl methyl sites for hydroxylation is 2. The van der Waals surface area contributed by atoms with Crippen LogP contribution in [0.1, 0.15) is 27.2 Å². The average Bonchev–Trinajstić information content (AvgIpc) is 2.84. The largest absolute Gasteiger partial charge is 0.493 e. The van der Waals surface area contributed by atoms with Crippen LogP contribution in [0.3, 0.4) is 0 Å². The Kier molecular flexibility index (Phi) is 5.34. The molecule has 8 heteroatoms. The van der Waals surface area contributed by atoms with E-state index in [0.717, 1.165) is 13.1 Å². The van der Waals surface area contributed by atoms with Gasteiger partial charge >= 0.3 is 0 Å². The SMILES string of the molecule is Cc1nn(C)c(O)c1C(=O)c1ccc(Cl)c(CN2CCOCC2)c1Cl. The van der Waals surface area contributed by atoms with Crippen molar-refractivity contribution in [1.82, 2.24) is 14.7 Å². The molecule has 2 heterocycles. The predicted octanol–water partition coefficient (Wildman–Crippen LogP) is 2.80. The van der Waals surface area contributed by atoms with Gasteiger partial charge in [0.25, 0.3) is 0 Å². The van der Waals surface area contributed by atoms with Crippen LogP contribution >= 0.6 is 23.2 Å². The minimum atomic E-state index is -0.368. The van der Waals surface area contributed by atoms with Crippen molar-refractivity contribution in [3.05, 3.63) is 44.6 Å². The van der Waals surface area contributed by atoms with Crippen molar-refractivity contribution in [2.75, 3.05) is 26.3 Å². The third-order valence-corrected chi connectivity index (χ3v) is 5.12. The van der Waals surface area contributed by atoms with Gasteiger partial charge in [-0.1, -0.05) is 23.2 Å². The van der Waals surface area contributed by atoms with Gasteiger partial charge in [0.1, 0.15) is 5.56 Å². The van der Waals surface area contributed by atoms with Gasteiger partial charge in [0.15, 0.2) is 0 Å². The van der Waals surface area contributed by atoms with Crippen molar-refractivity contribution in [3.8, 4) is 5.88 Å². The molecule has 0 atom stereocenters. The summed E-state index contributed by atoms with van der Waals surface area (Å²) < 4.78 is 6.61. The van der Waals surface area contributed by atoms with E-state index in [9.17, 15) is 9.90 Å². The maximum atomic E-state index is 12.9. The van der Waals surface area contributed by atoms with Gasteiger partial charge in [-0.25, -0.2) is 4.68 Å². The Morgan fingerprint density at radius 3 is 2.60 bits per heavy atom. The van der Waals surface area contributed by atoms with E-state index in [1.165, 1.54) is 4.68 Å². The second-order valence-corrected chi connectivity index (χ2v) is 6.80. The molecule has 134 valence electrons. The van der Waals surface area contributed by atoms with Crippen LogP contribution < -0.4 is 0 Å². The number of aromatic nitrogens is 2. The van der Waals surface area contributed by atoms with Crippen LogP contribution in [0.4, 0.5) is 0 Å². The minimum absolute atomic E-state index is 0.157. The summed E-state index contributed by atoms with van der Waals surface area (Å²) in [6.45, 7) is 5.11. The van der Waals surface area contributed by atoms with Crippen LogP contribution in [0.5, 0.6) is 5.88 Å². The monoisotopic (exact) mass is 383 g/mol. The second-order valence-electron chi connectivity index (χ2n) is 6.01. The van der Waals surface area contributed by atoms with E-state index in [4.69, 9.17) is 27.9 Å². The van der Waals surface area contributed by atoms with Crippen molar-refractivity contribution < 1.29 is 14.6 Å². The fourth-order valence-electron chi connectivity index (χ4n) is 2.95. The topological polar surface area (TPSA) is 67.6 Å². The summed E-state index contributed by atoms with van der Waals surface area (Å²) in [4.78, 5) is 15.1. The van der Waals surface area contributed by atoms with Gasteiger partial charge < -0.3 is 9.84 Å². The van der Waals surface area contributed by atoms with Gasteiger partial charge in [-0.2, -0.15) is 5.10 Å². The van der Waals surface area contributed by atoms with Gasteiger partial charge in [-0.3, -0.25) is 9.69 Å². The number of carbonyl (C=O) groups excluding carboxylic acids is 1. The predicted molar refractivity (Wildman–Crippen MR) is 95.6 cm³/mol. The molecule has 0 aliphatic carbocycles. The molecule has 6 nitrogen and oxygen atoms in total. The van der Waals surface area contributed by atoms with E-state index in [-0.39, 0.29) is 17.2 Å². The van der Waals surface area contributed by atoms with E-state index in [0.29, 0.717) is 46.6 Å². The molecule has 1 saturated heterocycles. The summed E-state index contributed by atoms with van der Waals surface area (Å²) in [6.07, 6.45) is 0. The quantitative estimate of drug-likeness (QED) is 0.822. The van der Waals surface area contributed by atoms with Gasteiger partial charge in [0.2, 0.25) is 11.7 Å². The maximum Gasteiger partial charge on any atom is 0.220 e. The Morgan fingerprint density at radius 2 is 2.00 bits per heavy atom. The number of halogens is 2. The standard InChI is InChI=1S/C17H19Cl2N3O3/c1-10-14(17(24)21(2)20-10)16(23)11-3-4-13(18)12(15(11)19)9-22-5-7-25-8-6-22/h3-4,24H,5-9H2,1-2H3. The van der Waals surface area contributed by atoms with Crippen molar-refractivity contribution in [2.45, 2.75) is 13.5 Å². The third kappa shape index (κ3) is 3.53. The molecule has 3 rings (SSSR count). The molecule has 0 spiro atoms. The van der Waals surface area contributed by atoms with Crippen molar-refractivity contribution in [2.24, 2.45) is 7.05 Å². The highest BCUT2D eigenvalue weighted by Crippen LogP contribution is 2.33. The van der Waals surface area contributed by atoms with E-state index in [1.54, 1.807) is 26.1 Å². The molecule has 0 unspecified atom stereocenters. The number of ketones is 1. The maximum absolute atomic E-state index is 12.9. The van der Waals surface area contributed by atoms with Crippen LogP contribution in [-0.4, -0.2) is 51.9 Å². The summed E-state index contributed by atoms with van der Waals surface area (Å²) in [5.74, 6) is -0.545. The number of hydrogen-bond donors (Lipinski definition) is 1. The highest BCUT2D eigenvalue weighted by Gasteiger charge is 2.25. The smallest absolute Gasteiger partial charge is 0.220 e. The summed E-state index contributed by atoms with van der Waals surface area (Å²) >= 11 is 12.8. The van der Waals surface area contributed by atoms with E-state index in [1.807, 2.05) is 0 Å². The number of morpholine rings is 1. The molecule has 25 heavy (non-hydrogen) atoms. The number of aromatic hydroxyl groups is 1. The molecule has 0 saturated carbocycles. The zero-order valence-electron chi connectivity index (χ0n) is 14.1. The molecule has 1 aliphatic heterocycles.